The van der Waals surface area contributed by atoms with Gasteiger partial charge in [0, 0.05) is 24.3 Å². The van der Waals surface area contributed by atoms with Gasteiger partial charge in [-0.15, -0.1) is 0 Å². The molecule has 0 saturated carbocycles. The molecule has 5 nitrogen and oxygen atoms in total. The van der Waals surface area contributed by atoms with Crippen LogP contribution in [-0.2, 0) is 0 Å². The van der Waals surface area contributed by atoms with E-state index in [1.807, 2.05) is 0 Å². The highest BCUT2D eigenvalue weighted by atomic mass is 35.5. The smallest absolute Gasteiger partial charge is 0.269 e. The largest absolute Gasteiger partial charge is 0.352 e. The molecule has 5 N–H and O–H groups in total. The number of nitrogens with one attached hydrogen (secondary N) is 3. The number of hydrogen-bond donors (Lipinski definition) is 4. The average molecular weight is 291 g/mol. The number of carbonyl (C=O) groups excluding carboxylic acids is 1. The lowest BCUT2D eigenvalue weighted by Gasteiger charge is -2.29. The molecule has 0 aromatic carbocycles. The second kappa shape index (κ2) is 5.48. The van der Waals surface area contributed by atoms with Crippen LogP contribution in [0.1, 0.15) is 22.6 Å². The Morgan fingerprint density at radius 2 is 2.17 bits per heavy atom. The summed E-state index contributed by atoms with van der Waals surface area (Å²) in [7, 11) is 0. The van der Waals surface area contributed by atoms with Crippen molar-refractivity contribution in [2.45, 2.75) is 25.4 Å². The molecule has 0 bridgehead atoms. The van der Waals surface area contributed by atoms with Gasteiger partial charge in [0.25, 0.3) is 5.91 Å². The Bertz CT molecular complexity index is 460. The molecule has 1 saturated heterocycles. The predicted molar refractivity (Wildman–Crippen MR) is 72.3 cm³/mol. The lowest BCUT2D eigenvalue weighted by atomic mass is 10.0. The van der Waals surface area contributed by atoms with Crippen molar-refractivity contribution >= 4 is 29.1 Å². The van der Waals surface area contributed by atoms with Gasteiger partial charge in [-0.3, -0.25) is 4.79 Å². The maximum absolute atomic E-state index is 12.1. The fourth-order valence-electron chi connectivity index (χ4n) is 2.03. The van der Waals surface area contributed by atoms with Crippen LogP contribution in [0.15, 0.2) is 0 Å². The molecule has 1 aliphatic heterocycles. The average Bonchev–Trinajstić information content (AvgIpc) is 2.60. The Labute approximate surface area is 115 Å². The van der Waals surface area contributed by atoms with E-state index in [9.17, 15) is 4.79 Å². The van der Waals surface area contributed by atoms with Gasteiger partial charge in [-0.25, -0.2) is 0 Å². The molecule has 0 aliphatic carbocycles. The molecular formula is C11H16Cl2N4O. The SMILES string of the molecule is Cc1[nH]c(C(=O)N[C@@H]2CCNC[C@@H]2N)c(Cl)c1Cl. The van der Waals surface area contributed by atoms with Crippen LogP contribution in [0.4, 0.5) is 0 Å². The number of halogens is 2. The fraction of sp³-hybridized carbons (Fsp3) is 0.545. The van der Waals surface area contributed by atoms with Gasteiger partial charge in [0.05, 0.1) is 10.0 Å². The molecule has 0 spiro atoms. The zero-order chi connectivity index (χ0) is 13.3. The van der Waals surface area contributed by atoms with Crippen LogP contribution in [0.2, 0.25) is 10.0 Å². The van der Waals surface area contributed by atoms with Gasteiger partial charge in [0.1, 0.15) is 5.69 Å². The van der Waals surface area contributed by atoms with E-state index < -0.39 is 0 Å². The molecule has 18 heavy (non-hydrogen) atoms. The Hall–Kier alpha value is -0.750. The highest BCUT2D eigenvalue weighted by Crippen LogP contribution is 2.29. The first-order valence-corrected chi connectivity index (χ1v) is 6.57. The molecule has 2 atom stereocenters. The van der Waals surface area contributed by atoms with Crippen molar-refractivity contribution < 1.29 is 4.79 Å². The second-order valence-electron chi connectivity index (χ2n) is 4.49. The summed E-state index contributed by atoms with van der Waals surface area (Å²) in [5.41, 5.74) is 6.91. The van der Waals surface area contributed by atoms with E-state index in [1.165, 1.54) is 0 Å². The Morgan fingerprint density at radius 1 is 1.44 bits per heavy atom. The van der Waals surface area contributed by atoms with E-state index in [4.69, 9.17) is 28.9 Å². The van der Waals surface area contributed by atoms with Crippen LogP contribution in [0, 0.1) is 6.92 Å². The number of hydrogen-bond acceptors (Lipinski definition) is 3. The number of aromatic nitrogens is 1. The summed E-state index contributed by atoms with van der Waals surface area (Å²) < 4.78 is 0. The van der Waals surface area contributed by atoms with Crippen LogP contribution in [0.5, 0.6) is 0 Å². The van der Waals surface area contributed by atoms with Crippen molar-refractivity contribution in [2.24, 2.45) is 5.73 Å². The van der Waals surface area contributed by atoms with Crippen LogP contribution >= 0.6 is 23.2 Å². The zero-order valence-corrected chi connectivity index (χ0v) is 11.5. The van der Waals surface area contributed by atoms with Crippen LogP contribution in [0.3, 0.4) is 0 Å². The van der Waals surface area contributed by atoms with Crippen molar-refractivity contribution in [3.8, 4) is 0 Å². The van der Waals surface area contributed by atoms with Gasteiger partial charge >= 0.3 is 0 Å². The number of rotatable bonds is 2. The van der Waals surface area contributed by atoms with Gasteiger partial charge in [-0.2, -0.15) is 0 Å². The molecule has 0 unspecified atom stereocenters. The second-order valence-corrected chi connectivity index (χ2v) is 5.25. The lowest BCUT2D eigenvalue weighted by Crippen LogP contribution is -2.56. The van der Waals surface area contributed by atoms with E-state index >= 15 is 0 Å². The number of aromatic amines is 1. The first-order chi connectivity index (χ1) is 8.50. The fourth-order valence-corrected chi connectivity index (χ4v) is 2.45. The molecule has 1 fully saturated rings. The highest BCUT2D eigenvalue weighted by Gasteiger charge is 2.25. The highest BCUT2D eigenvalue weighted by molar-refractivity contribution is 6.44. The molecule has 2 heterocycles. The molecule has 7 heteroatoms. The maximum Gasteiger partial charge on any atom is 0.269 e. The predicted octanol–water partition coefficient (Wildman–Crippen LogP) is 1.05. The third-order valence-electron chi connectivity index (χ3n) is 3.13. The standard InChI is InChI=1S/C11H16Cl2N4O/c1-5-8(12)9(13)10(16-5)11(18)17-7-2-3-15-4-6(7)14/h6-7,15-16H,2-4,14H2,1H3,(H,17,18)/t6-,7+/m0/s1. The summed E-state index contributed by atoms with van der Waals surface area (Å²) in [5.74, 6) is -0.266. The summed E-state index contributed by atoms with van der Waals surface area (Å²) in [5, 5.41) is 6.70. The first-order valence-electron chi connectivity index (χ1n) is 5.81. The lowest BCUT2D eigenvalue weighted by molar-refractivity contribution is 0.0919. The maximum atomic E-state index is 12.1. The van der Waals surface area contributed by atoms with Gasteiger partial charge in [0.2, 0.25) is 0 Å². The summed E-state index contributed by atoms with van der Waals surface area (Å²) in [6.07, 6.45) is 0.804. The van der Waals surface area contributed by atoms with Crippen LogP contribution < -0.4 is 16.4 Å². The molecule has 1 aliphatic rings. The molecule has 100 valence electrons. The van der Waals surface area contributed by atoms with Gasteiger partial charge in [0.15, 0.2) is 0 Å². The monoisotopic (exact) mass is 290 g/mol. The number of amides is 1. The Kier molecular flexibility index (Phi) is 4.17. The minimum absolute atomic E-state index is 0.0443. The van der Waals surface area contributed by atoms with Crippen molar-refractivity contribution in [3.05, 3.63) is 21.4 Å². The van der Waals surface area contributed by atoms with E-state index in [2.05, 4.69) is 15.6 Å². The van der Waals surface area contributed by atoms with Gasteiger partial charge < -0.3 is 21.4 Å². The minimum Gasteiger partial charge on any atom is -0.352 e. The summed E-state index contributed by atoms with van der Waals surface area (Å²) >= 11 is 11.9. The van der Waals surface area contributed by atoms with Crippen molar-refractivity contribution in [3.63, 3.8) is 0 Å². The number of nitrogens with two attached hydrogens (primary N) is 1. The van der Waals surface area contributed by atoms with Crippen molar-refractivity contribution in [2.75, 3.05) is 13.1 Å². The molecule has 0 radical (unpaired) electrons. The third kappa shape index (κ3) is 2.64. The van der Waals surface area contributed by atoms with E-state index in [0.29, 0.717) is 23.0 Å². The van der Waals surface area contributed by atoms with Gasteiger partial charge in [-0.1, -0.05) is 23.2 Å². The van der Waals surface area contributed by atoms with E-state index in [1.54, 1.807) is 6.92 Å². The van der Waals surface area contributed by atoms with Gasteiger partial charge in [-0.05, 0) is 19.9 Å². The molecule has 1 amide bonds. The number of aryl methyl sites for hydroxylation is 1. The number of carbonyl (C=O) groups is 1. The van der Waals surface area contributed by atoms with E-state index in [-0.39, 0.29) is 23.0 Å². The molecule has 1 aromatic heterocycles. The van der Waals surface area contributed by atoms with Crippen molar-refractivity contribution in [1.29, 1.82) is 0 Å². The number of piperidine rings is 1. The topological polar surface area (TPSA) is 82.9 Å². The molecule has 2 rings (SSSR count). The molecule has 1 aromatic rings. The number of H-pyrrole nitrogens is 1. The summed E-state index contributed by atoms with van der Waals surface area (Å²) in [4.78, 5) is 15.0. The van der Waals surface area contributed by atoms with Crippen molar-refractivity contribution in [1.82, 2.24) is 15.6 Å². The Balaban J connectivity index is 2.09. The van der Waals surface area contributed by atoms with E-state index in [0.717, 1.165) is 13.0 Å². The summed E-state index contributed by atoms with van der Waals surface area (Å²) in [6.45, 7) is 3.31. The molecular weight excluding hydrogens is 275 g/mol. The minimum atomic E-state index is -0.266. The third-order valence-corrected chi connectivity index (χ3v) is 4.07. The summed E-state index contributed by atoms with van der Waals surface area (Å²) in [6, 6.07) is -0.134. The normalized spacial score (nSPS) is 24.0. The quantitative estimate of drug-likeness (QED) is 0.657. The Morgan fingerprint density at radius 3 is 2.72 bits per heavy atom. The zero-order valence-electron chi connectivity index (χ0n) is 10.0. The van der Waals surface area contributed by atoms with Crippen LogP contribution in [0.25, 0.3) is 0 Å². The van der Waals surface area contributed by atoms with Crippen LogP contribution in [-0.4, -0.2) is 36.1 Å². The first kappa shape index (κ1) is 13.7.